The Labute approximate surface area is 162 Å². The van der Waals surface area contributed by atoms with Crippen molar-refractivity contribution in [3.05, 3.63) is 70.8 Å². The highest BCUT2D eigenvalue weighted by atomic mass is 19.1. The molecule has 1 saturated heterocycles. The highest BCUT2D eigenvalue weighted by Crippen LogP contribution is 2.16. The Morgan fingerprint density at radius 1 is 1.04 bits per heavy atom. The van der Waals surface area contributed by atoms with Crippen LogP contribution in [-0.2, 0) is 6.54 Å². The van der Waals surface area contributed by atoms with E-state index in [2.05, 4.69) is 15.5 Å². The smallest absolute Gasteiger partial charge is 0.254 e. The quantitative estimate of drug-likeness (QED) is 0.829. The van der Waals surface area contributed by atoms with Crippen molar-refractivity contribution in [1.82, 2.24) is 15.5 Å². The van der Waals surface area contributed by atoms with Gasteiger partial charge in [-0.15, -0.1) is 0 Å². The van der Waals surface area contributed by atoms with E-state index in [1.165, 1.54) is 0 Å². The Morgan fingerprint density at radius 2 is 1.71 bits per heavy atom. The molecule has 148 valence electrons. The third-order valence-electron chi connectivity index (χ3n) is 4.95. The van der Waals surface area contributed by atoms with Crippen molar-refractivity contribution in [2.45, 2.75) is 25.4 Å². The number of hydrogen-bond acceptors (Lipinski definition) is 3. The Kier molecular flexibility index (Phi) is 6.36. The first-order valence-electron chi connectivity index (χ1n) is 9.25. The normalized spacial score (nSPS) is 15.2. The summed E-state index contributed by atoms with van der Waals surface area (Å²) in [7, 11) is 1.60. The van der Waals surface area contributed by atoms with Crippen molar-refractivity contribution in [3.8, 4) is 0 Å². The monoisotopic (exact) mass is 387 g/mol. The standard InChI is InChI=1S/C21H23F2N3O2/c1-24-20(27)15-4-2-14(3-5-15)13-26-10-8-17(9-11-26)25-21(28)18-7-6-16(22)12-19(18)23/h2-7,12,17H,8-11,13H2,1H3,(H,24,27)(H,25,28). The summed E-state index contributed by atoms with van der Waals surface area (Å²) in [6.07, 6.45) is 1.51. The average molecular weight is 387 g/mol. The van der Waals surface area contributed by atoms with Gasteiger partial charge in [-0.1, -0.05) is 12.1 Å². The van der Waals surface area contributed by atoms with Crippen LogP contribution in [0.25, 0.3) is 0 Å². The van der Waals surface area contributed by atoms with Crippen molar-refractivity contribution in [2.75, 3.05) is 20.1 Å². The summed E-state index contributed by atoms with van der Waals surface area (Å²) in [5, 5.41) is 5.43. The summed E-state index contributed by atoms with van der Waals surface area (Å²) in [6, 6.07) is 10.4. The van der Waals surface area contributed by atoms with Gasteiger partial charge in [-0.05, 0) is 42.7 Å². The van der Waals surface area contributed by atoms with E-state index in [9.17, 15) is 18.4 Å². The van der Waals surface area contributed by atoms with E-state index in [-0.39, 0.29) is 17.5 Å². The molecule has 1 aliphatic rings. The first kappa shape index (κ1) is 19.9. The predicted molar refractivity (Wildman–Crippen MR) is 102 cm³/mol. The predicted octanol–water partition coefficient (Wildman–Crippen LogP) is 2.72. The second-order valence-electron chi connectivity index (χ2n) is 6.92. The fraction of sp³-hybridized carbons (Fsp3) is 0.333. The fourth-order valence-corrected chi connectivity index (χ4v) is 3.34. The van der Waals surface area contributed by atoms with Crippen LogP contribution < -0.4 is 10.6 Å². The van der Waals surface area contributed by atoms with Gasteiger partial charge >= 0.3 is 0 Å². The maximum atomic E-state index is 13.7. The maximum absolute atomic E-state index is 13.7. The van der Waals surface area contributed by atoms with Crippen LogP contribution in [0, 0.1) is 11.6 Å². The number of likely N-dealkylation sites (tertiary alicyclic amines) is 1. The summed E-state index contributed by atoms with van der Waals surface area (Å²) in [6.45, 7) is 2.36. The molecular weight excluding hydrogens is 364 g/mol. The number of benzene rings is 2. The second-order valence-corrected chi connectivity index (χ2v) is 6.92. The minimum atomic E-state index is -0.852. The van der Waals surface area contributed by atoms with E-state index in [0.717, 1.165) is 50.2 Å². The number of carbonyl (C=O) groups is 2. The number of amides is 2. The molecule has 0 radical (unpaired) electrons. The lowest BCUT2D eigenvalue weighted by Crippen LogP contribution is -2.44. The van der Waals surface area contributed by atoms with E-state index in [0.29, 0.717) is 11.6 Å². The van der Waals surface area contributed by atoms with Crippen LogP contribution in [0.5, 0.6) is 0 Å². The summed E-state index contributed by atoms with van der Waals surface area (Å²) in [5.41, 5.74) is 1.60. The zero-order valence-electron chi connectivity index (χ0n) is 15.7. The molecule has 0 aromatic heterocycles. The van der Waals surface area contributed by atoms with Gasteiger partial charge in [0.15, 0.2) is 0 Å². The third kappa shape index (κ3) is 4.92. The molecule has 0 spiro atoms. The van der Waals surface area contributed by atoms with Crippen molar-refractivity contribution in [2.24, 2.45) is 0 Å². The Morgan fingerprint density at radius 3 is 2.32 bits per heavy atom. The lowest BCUT2D eigenvalue weighted by molar-refractivity contribution is 0.0903. The summed E-state index contributed by atoms with van der Waals surface area (Å²) < 4.78 is 26.7. The Bertz CT molecular complexity index is 847. The molecule has 28 heavy (non-hydrogen) atoms. The Hall–Kier alpha value is -2.80. The molecule has 0 unspecified atom stereocenters. The number of nitrogens with one attached hydrogen (secondary N) is 2. The maximum Gasteiger partial charge on any atom is 0.254 e. The van der Waals surface area contributed by atoms with Crippen molar-refractivity contribution in [3.63, 3.8) is 0 Å². The summed E-state index contributed by atoms with van der Waals surface area (Å²) in [5.74, 6) is -2.18. The minimum absolute atomic E-state index is 0.0381. The van der Waals surface area contributed by atoms with E-state index < -0.39 is 17.5 Å². The van der Waals surface area contributed by atoms with Gasteiger partial charge in [-0.25, -0.2) is 8.78 Å². The third-order valence-corrected chi connectivity index (χ3v) is 4.95. The van der Waals surface area contributed by atoms with Gasteiger partial charge in [0.1, 0.15) is 11.6 Å². The molecule has 2 N–H and O–H groups in total. The zero-order valence-corrected chi connectivity index (χ0v) is 15.7. The van der Waals surface area contributed by atoms with Gasteiger partial charge in [-0.2, -0.15) is 0 Å². The molecule has 2 aromatic carbocycles. The molecule has 1 fully saturated rings. The summed E-state index contributed by atoms with van der Waals surface area (Å²) in [4.78, 5) is 26.1. The molecule has 0 saturated carbocycles. The lowest BCUT2D eigenvalue weighted by Gasteiger charge is -2.32. The van der Waals surface area contributed by atoms with Crippen LogP contribution in [0.3, 0.4) is 0 Å². The molecule has 3 rings (SSSR count). The van der Waals surface area contributed by atoms with E-state index in [1.54, 1.807) is 19.2 Å². The van der Waals surface area contributed by atoms with Crippen molar-refractivity contribution < 1.29 is 18.4 Å². The molecule has 5 nitrogen and oxygen atoms in total. The van der Waals surface area contributed by atoms with Gasteiger partial charge in [0.25, 0.3) is 11.8 Å². The van der Waals surface area contributed by atoms with Crippen LogP contribution in [-0.4, -0.2) is 42.9 Å². The molecule has 7 heteroatoms. The van der Waals surface area contributed by atoms with Gasteiger partial charge in [-0.3, -0.25) is 14.5 Å². The second kappa shape index (κ2) is 8.93. The van der Waals surface area contributed by atoms with E-state index >= 15 is 0 Å². The van der Waals surface area contributed by atoms with E-state index in [4.69, 9.17) is 0 Å². The van der Waals surface area contributed by atoms with Gasteiger partial charge in [0, 0.05) is 44.4 Å². The molecule has 0 atom stereocenters. The molecule has 0 aliphatic carbocycles. The van der Waals surface area contributed by atoms with Gasteiger partial charge in [0.2, 0.25) is 0 Å². The topological polar surface area (TPSA) is 61.4 Å². The highest BCUT2D eigenvalue weighted by Gasteiger charge is 2.22. The molecule has 0 bridgehead atoms. The first-order chi connectivity index (χ1) is 13.5. The number of carbonyl (C=O) groups excluding carboxylic acids is 2. The van der Waals surface area contributed by atoms with E-state index in [1.807, 2.05) is 12.1 Å². The number of nitrogens with zero attached hydrogens (tertiary/aromatic N) is 1. The highest BCUT2D eigenvalue weighted by molar-refractivity contribution is 5.94. The van der Waals surface area contributed by atoms with Crippen LogP contribution >= 0.6 is 0 Å². The molecule has 1 heterocycles. The van der Waals surface area contributed by atoms with Gasteiger partial charge < -0.3 is 10.6 Å². The minimum Gasteiger partial charge on any atom is -0.355 e. The lowest BCUT2D eigenvalue weighted by atomic mass is 10.0. The van der Waals surface area contributed by atoms with Crippen LogP contribution in [0.4, 0.5) is 8.78 Å². The van der Waals surface area contributed by atoms with Crippen LogP contribution in [0.1, 0.15) is 39.1 Å². The fourth-order valence-electron chi connectivity index (χ4n) is 3.34. The van der Waals surface area contributed by atoms with Crippen molar-refractivity contribution in [1.29, 1.82) is 0 Å². The molecule has 2 amide bonds. The summed E-state index contributed by atoms with van der Waals surface area (Å²) >= 11 is 0. The number of hydrogen-bond donors (Lipinski definition) is 2. The average Bonchev–Trinajstić information content (AvgIpc) is 2.69. The number of halogens is 2. The molecule has 1 aliphatic heterocycles. The van der Waals surface area contributed by atoms with Gasteiger partial charge in [0.05, 0.1) is 5.56 Å². The van der Waals surface area contributed by atoms with Crippen molar-refractivity contribution >= 4 is 11.8 Å². The number of rotatable bonds is 5. The largest absolute Gasteiger partial charge is 0.355 e. The number of piperidine rings is 1. The van der Waals surface area contributed by atoms with Crippen LogP contribution in [0.15, 0.2) is 42.5 Å². The SMILES string of the molecule is CNC(=O)c1ccc(CN2CCC(NC(=O)c3ccc(F)cc3F)CC2)cc1. The molecule has 2 aromatic rings. The first-order valence-corrected chi connectivity index (χ1v) is 9.25. The zero-order chi connectivity index (χ0) is 20.1. The molecular formula is C21H23F2N3O2. The Balaban J connectivity index is 1.49. The van der Waals surface area contributed by atoms with Crippen LogP contribution in [0.2, 0.25) is 0 Å².